The minimum Gasteiger partial charge on any atom is -0.490 e. The number of hydrogen-bond acceptors (Lipinski definition) is 4. The van der Waals surface area contributed by atoms with Crippen molar-refractivity contribution >= 4 is 5.97 Å². The van der Waals surface area contributed by atoms with Gasteiger partial charge in [0.15, 0.2) is 0 Å². The molecular formula is C10H13NO4. The molecule has 0 aromatic carbocycles. The van der Waals surface area contributed by atoms with Gasteiger partial charge in [0.25, 0.3) is 0 Å². The molecule has 0 amide bonds. The first-order chi connectivity index (χ1) is 7.22. The molecule has 0 aliphatic rings. The van der Waals surface area contributed by atoms with Gasteiger partial charge in [0.2, 0.25) is 0 Å². The van der Waals surface area contributed by atoms with Crippen LogP contribution < -0.4 is 4.74 Å². The lowest BCUT2D eigenvalue weighted by Crippen LogP contribution is -2.05. The number of ether oxygens (including phenoxy) is 2. The van der Waals surface area contributed by atoms with Crippen molar-refractivity contribution in [2.24, 2.45) is 0 Å². The van der Waals surface area contributed by atoms with Gasteiger partial charge >= 0.3 is 5.97 Å². The van der Waals surface area contributed by atoms with Gasteiger partial charge in [0.05, 0.1) is 24.9 Å². The Balaban J connectivity index is 2.45. The van der Waals surface area contributed by atoms with Crippen molar-refractivity contribution < 1.29 is 19.4 Å². The smallest absolute Gasteiger partial charge is 0.309 e. The molecule has 0 saturated carbocycles. The normalized spacial score (nSPS) is 9.93. The first kappa shape index (κ1) is 11.5. The monoisotopic (exact) mass is 211 g/mol. The van der Waals surface area contributed by atoms with E-state index in [0.29, 0.717) is 24.7 Å². The van der Waals surface area contributed by atoms with Crippen LogP contribution in [0.15, 0.2) is 18.3 Å². The molecule has 1 rings (SSSR count). The summed E-state index contributed by atoms with van der Waals surface area (Å²) in [6, 6.07) is 3.33. The molecule has 5 nitrogen and oxygen atoms in total. The number of aromatic nitrogens is 1. The number of nitrogens with zero attached hydrogens (tertiary/aromatic N) is 1. The molecule has 15 heavy (non-hydrogen) atoms. The summed E-state index contributed by atoms with van der Waals surface area (Å²) in [5.41, 5.74) is 0.515. The largest absolute Gasteiger partial charge is 0.490 e. The SMILES string of the molecule is COCCOc1ccc(CC(=O)O)nc1. The standard InChI is InChI=1S/C10H13NO4/c1-14-4-5-15-9-3-2-8(11-7-9)6-10(12)13/h2-3,7H,4-6H2,1H3,(H,12,13). The molecule has 0 saturated heterocycles. The highest BCUT2D eigenvalue weighted by Crippen LogP contribution is 2.09. The van der Waals surface area contributed by atoms with Gasteiger partial charge < -0.3 is 14.6 Å². The molecule has 1 aromatic heterocycles. The number of carbonyl (C=O) groups is 1. The van der Waals surface area contributed by atoms with Crippen LogP contribution in [-0.2, 0) is 16.0 Å². The van der Waals surface area contributed by atoms with Crippen LogP contribution in [0.3, 0.4) is 0 Å². The van der Waals surface area contributed by atoms with E-state index in [4.69, 9.17) is 14.6 Å². The predicted molar refractivity (Wildman–Crippen MR) is 52.9 cm³/mol. The molecule has 0 spiro atoms. The number of rotatable bonds is 6. The highest BCUT2D eigenvalue weighted by Gasteiger charge is 2.01. The van der Waals surface area contributed by atoms with Crippen LogP contribution in [0.25, 0.3) is 0 Å². The summed E-state index contributed by atoms with van der Waals surface area (Å²) in [6.07, 6.45) is 1.44. The average Bonchev–Trinajstić information content (AvgIpc) is 2.20. The van der Waals surface area contributed by atoms with Crippen molar-refractivity contribution in [3.8, 4) is 5.75 Å². The van der Waals surface area contributed by atoms with Gasteiger partial charge in [-0.15, -0.1) is 0 Å². The van der Waals surface area contributed by atoms with Crippen LogP contribution in [-0.4, -0.2) is 36.4 Å². The lowest BCUT2D eigenvalue weighted by Gasteiger charge is -2.04. The summed E-state index contributed by atoms with van der Waals surface area (Å²) in [5, 5.41) is 8.52. The van der Waals surface area contributed by atoms with Crippen molar-refractivity contribution in [1.82, 2.24) is 4.98 Å². The van der Waals surface area contributed by atoms with Gasteiger partial charge in [0, 0.05) is 7.11 Å². The summed E-state index contributed by atoms with van der Waals surface area (Å²) in [6.45, 7) is 0.966. The minimum absolute atomic E-state index is 0.0711. The zero-order valence-electron chi connectivity index (χ0n) is 8.47. The maximum atomic E-state index is 10.4. The number of carboxylic acids is 1. The van der Waals surface area contributed by atoms with Gasteiger partial charge in [-0.25, -0.2) is 0 Å². The van der Waals surface area contributed by atoms with Gasteiger partial charge in [-0.1, -0.05) is 0 Å². The molecule has 82 valence electrons. The average molecular weight is 211 g/mol. The van der Waals surface area contributed by atoms with E-state index in [0.717, 1.165) is 0 Å². The second kappa shape index (κ2) is 5.98. The Bertz CT molecular complexity index is 310. The first-order valence-corrected chi connectivity index (χ1v) is 4.51. The maximum Gasteiger partial charge on any atom is 0.309 e. The van der Waals surface area contributed by atoms with Crippen molar-refractivity contribution in [3.63, 3.8) is 0 Å². The molecule has 1 N–H and O–H groups in total. The lowest BCUT2D eigenvalue weighted by molar-refractivity contribution is -0.136. The van der Waals surface area contributed by atoms with Crippen molar-refractivity contribution in [3.05, 3.63) is 24.0 Å². The van der Waals surface area contributed by atoms with E-state index < -0.39 is 5.97 Å². The van der Waals surface area contributed by atoms with Crippen molar-refractivity contribution in [1.29, 1.82) is 0 Å². The van der Waals surface area contributed by atoms with Gasteiger partial charge in [0.1, 0.15) is 12.4 Å². The second-order valence-electron chi connectivity index (χ2n) is 2.90. The Kier molecular flexibility index (Phi) is 4.56. The Morgan fingerprint density at radius 1 is 1.47 bits per heavy atom. The van der Waals surface area contributed by atoms with E-state index in [1.807, 2.05) is 0 Å². The van der Waals surface area contributed by atoms with E-state index >= 15 is 0 Å². The summed E-state index contributed by atoms with van der Waals surface area (Å²) in [7, 11) is 1.59. The number of methoxy groups -OCH3 is 1. The maximum absolute atomic E-state index is 10.4. The van der Waals surface area contributed by atoms with Gasteiger partial charge in [-0.3, -0.25) is 9.78 Å². The molecular weight excluding hydrogens is 198 g/mol. The van der Waals surface area contributed by atoms with E-state index in [2.05, 4.69) is 4.98 Å². The zero-order valence-corrected chi connectivity index (χ0v) is 8.47. The molecule has 1 aromatic rings. The van der Waals surface area contributed by atoms with Crippen LogP contribution >= 0.6 is 0 Å². The van der Waals surface area contributed by atoms with E-state index in [1.165, 1.54) is 6.20 Å². The van der Waals surface area contributed by atoms with Crippen LogP contribution in [0.4, 0.5) is 0 Å². The quantitative estimate of drug-likeness (QED) is 0.702. The zero-order chi connectivity index (χ0) is 11.1. The topological polar surface area (TPSA) is 68.7 Å². The van der Waals surface area contributed by atoms with Crippen LogP contribution in [0.1, 0.15) is 5.69 Å². The fourth-order valence-corrected chi connectivity index (χ4v) is 0.999. The molecule has 0 atom stereocenters. The highest BCUT2D eigenvalue weighted by molar-refractivity contribution is 5.69. The molecule has 0 aliphatic carbocycles. The van der Waals surface area contributed by atoms with Gasteiger partial charge in [-0.05, 0) is 12.1 Å². The van der Waals surface area contributed by atoms with Crippen molar-refractivity contribution in [2.45, 2.75) is 6.42 Å². The van der Waals surface area contributed by atoms with Crippen LogP contribution in [0, 0.1) is 0 Å². The summed E-state index contributed by atoms with van der Waals surface area (Å²) in [4.78, 5) is 14.3. The number of hydrogen-bond donors (Lipinski definition) is 1. The molecule has 0 fully saturated rings. The number of carboxylic acid groups (broad SMARTS) is 1. The molecule has 0 aliphatic heterocycles. The summed E-state index contributed by atoms with van der Waals surface area (Å²) >= 11 is 0. The van der Waals surface area contributed by atoms with E-state index in [9.17, 15) is 4.79 Å². The molecule has 1 heterocycles. The third-order valence-electron chi connectivity index (χ3n) is 1.69. The molecule has 5 heteroatoms. The number of pyridine rings is 1. The molecule has 0 unspecified atom stereocenters. The molecule has 0 radical (unpaired) electrons. The van der Waals surface area contributed by atoms with E-state index in [1.54, 1.807) is 19.2 Å². The predicted octanol–water partition coefficient (Wildman–Crippen LogP) is 0.734. The Hall–Kier alpha value is -1.62. The fourth-order valence-electron chi connectivity index (χ4n) is 0.999. The van der Waals surface area contributed by atoms with Crippen LogP contribution in [0.5, 0.6) is 5.75 Å². The molecule has 0 bridgehead atoms. The summed E-state index contributed by atoms with van der Waals surface area (Å²) in [5.74, 6) is -0.281. The second-order valence-corrected chi connectivity index (χ2v) is 2.90. The minimum atomic E-state index is -0.893. The Morgan fingerprint density at radius 2 is 2.27 bits per heavy atom. The first-order valence-electron chi connectivity index (χ1n) is 4.51. The Morgan fingerprint density at radius 3 is 2.80 bits per heavy atom. The lowest BCUT2D eigenvalue weighted by atomic mass is 10.3. The third kappa shape index (κ3) is 4.42. The third-order valence-corrected chi connectivity index (χ3v) is 1.69. The van der Waals surface area contributed by atoms with Crippen LogP contribution in [0.2, 0.25) is 0 Å². The van der Waals surface area contributed by atoms with Crippen molar-refractivity contribution in [2.75, 3.05) is 20.3 Å². The fraction of sp³-hybridized carbons (Fsp3) is 0.400. The highest BCUT2D eigenvalue weighted by atomic mass is 16.5. The Labute approximate surface area is 87.7 Å². The van der Waals surface area contributed by atoms with Gasteiger partial charge in [-0.2, -0.15) is 0 Å². The number of aliphatic carboxylic acids is 1. The van der Waals surface area contributed by atoms with E-state index in [-0.39, 0.29) is 6.42 Å². The summed E-state index contributed by atoms with van der Waals surface area (Å²) < 4.78 is 10.1.